The molecule has 1 heterocycles. The lowest BCUT2D eigenvalue weighted by atomic mass is 10.0. The quantitative estimate of drug-likeness (QED) is 0.639. The van der Waals surface area contributed by atoms with Gasteiger partial charge >= 0.3 is 5.97 Å². The van der Waals surface area contributed by atoms with Gasteiger partial charge in [-0.3, -0.25) is 4.79 Å². The summed E-state index contributed by atoms with van der Waals surface area (Å²) < 4.78 is 32.1. The highest BCUT2D eigenvalue weighted by Gasteiger charge is 2.29. The minimum absolute atomic E-state index is 0.00193. The van der Waals surface area contributed by atoms with Gasteiger partial charge in [0.15, 0.2) is 6.10 Å². The Bertz CT molecular complexity index is 1080. The van der Waals surface area contributed by atoms with Crippen LogP contribution in [0.25, 0.3) is 0 Å². The van der Waals surface area contributed by atoms with E-state index in [1.54, 1.807) is 18.7 Å². The minimum Gasteiger partial charge on any atom is -0.449 e. The van der Waals surface area contributed by atoms with Crippen molar-refractivity contribution >= 4 is 27.6 Å². The lowest BCUT2D eigenvalue weighted by Crippen LogP contribution is -2.42. The topological polar surface area (TPSA) is 84.0 Å². The number of rotatable bonds is 6. The predicted molar refractivity (Wildman–Crippen MR) is 119 cm³/mol. The third kappa shape index (κ3) is 4.80. The molecule has 0 bridgehead atoms. The van der Waals surface area contributed by atoms with Crippen molar-refractivity contribution in [1.29, 1.82) is 0 Å². The molecule has 3 rings (SSSR count). The molecule has 166 valence electrons. The third-order valence-corrected chi connectivity index (χ3v) is 7.51. The van der Waals surface area contributed by atoms with Crippen LogP contribution >= 0.6 is 0 Å². The number of fused-ring (bicyclic) bond motifs is 1. The van der Waals surface area contributed by atoms with Crippen LogP contribution in [0.1, 0.15) is 43.1 Å². The summed E-state index contributed by atoms with van der Waals surface area (Å²) in [5.41, 5.74) is 2.01. The third-order valence-electron chi connectivity index (χ3n) is 5.48. The number of sulfonamides is 1. The van der Waals surface area contributed by atoms with Gasteiger partial charge in [-0.15, -0.1) is 0 Å². The maximum atomic E-state index is 13.0. The molecule has 8 heteroatoms. The molecule has 0 saturated heterocycles. The van der Waals surface area contributed by atoms with E-state index in [2.05, 4.69) is 0 Å². The first-order chi connectivity index (χ1) is 14.6. The van der Waals surface area contributed by atoms with Crippen LogP contribution in [0.15, 0.2) is 53.4 Å². The molecule has 1 amide bonds. The second kappa shape index (κ2) is 9.20. The molecule has 31 heavy (non-hydrogen) atoms. The number of nitrogens with zero attached hydrogens (tertiary/aromatic N) is 2. The maximum absolute atomic E-state index is 13.0. The molecule has 1 unspecified atom stereocenters. The summed E-state index contributed by atoms with van der Waals surface area (Å²) in [4.78, 5) is 27.3. The molecule has 0 radical (unpaired) electrons. The molecule has 0 aromatic heterocycles. The first kappa shape index (κ1) is 23.0. The van der Waals surface area contributed by atoms with Gasteiger partial charge in [-0.1, -0.05) is 24.3 Å². The van der Waals surface area contributed by atoms with Crippen LogP contribution in [-0.4, -0.2) is 50.3 Å². The molecule has 0 spiro atoms. The Kier molecular flexibility index (Phi) is 6.81. The predicted octanol–water partition coefficient (Wildman–Crippen LogP) is 3.24. The number of benzene rings is 2. The zero-order chi connectivity index (χ0) is 22.8. The SMILES string of the molecule is CC(OC(=O)c1cccc(S(=O)(=O)N(C)C(C)C)c1)C(=O)N1CCCc2ccccc21. The Morgan fingerprint density at radius 1 is 1.06 bits per heavy atom. The molecule has 7 nitrogen and oxygen atoms in total. The van der Waals surface area contributed by atoms with Gasteiger partial charge in [0.25, 0.3) is 5.91 Å². The highest BCUT2D eigenvalue weighted by Crippen LogP contribution is 2.27. The van der Waals surface area contributed by atoms with Crippen molar-refractivity contribution < 1.29 is 22.7 Å². The number of carbonyl (C=O) groups excluding carboxylic acids is 2. The van der Waals surface area contributed by atoms with Crippen molar-refractivity contribution in [3.8, 4) is 0 Å². The van der Waals surface area contributed by atoms with Crippen molar-refractivity contribution in [2.75, 3.05) is 18.5 Å². The van der Waals surface area contributed by atoms with Gasteiger partial charge in [-0.25, -0.2) is 13.2 Å². The molecule has 2 aromatic carbocycles. The molecular weight excluding hydrogens is 416 g/mol. The molecular formula is C23H28N2O5S. The zero-order valence-electron chi connectivity index (χ0n) is 18.2. The van der Waals surface area contributed by atoms with Gasteiger partial charge < -0.3 is 9.64 Å². The highest BCUT2D eigenvalue weighted by atomic mass is 32.2. The Morgan fingerprint density at radius 3 is 2.48 bits per heavy atom. The summed E-state index contributed by atoms with van der Waals surface area (Å²) in [7, 11) is -2.25. The second-order valence-electron chi connectivity index (χ2n) is 7.91. The number of amides is 1. The number of ether oxygens (including phenoxy) is 1. The van der Waals surface area contributed by atoms with Crippen LogP contribution in [0.4, 0.5) is 5.69 Å². The summed E-state index contributed by atoms with van der Waals surface area (Å²) in [5, 5.41) is 0. The Balaban J connectivity index is 1.76. The van der Waals surface area contributed by atoms with E-state index in [0.717, 1.165) is 24.1 Å². The van der Waals surface area contributed by atoms with Crippen molar-refractivity contribution in [3.05, 3.63) is 59.7 Å². The largest absolute Gasteiger partial charge is 0.449 e. The normalized spacial score (nSPS) is 15.0. The van der Waals surface area contributed by atoms with E-state index >= 15 is 0 Å². The fourth-order valence-corrected chi connectivity index (χ4v) is 4.90. The average molecular weight is 445 g/mol. The molecule has 0 N–H and O–H groups in total. The minimum atomic E-state index is -3.74. The first-order valence-electron chi connectivity index (χ1n) is 10.3. The smallest absolute Gasteiger partial charge is 0.338 e. The summed E-state index contributed by atoms with van der Waals surface area (Å²) in [5.74, 6) is -1.04. The van der Waals surface area contributed by atoms with Gasteiger partial charge in [-0.2, -0.15) is 4.31 Å². The maximum Gasteiger partial charge on any atom is 0.338 e. The molecule has 0 saturated carbocycles. The van der Waals surface area contributed by atoms with Gasteiger partial charge in [0.05, 0.1) is 10.5 Å². The van der Waals surface area contributed by atoms with Crippen molar-refractivity contribution in [1.82, 2.24) is 4.31 Å². The van der Waals surface area contributed by atoms with E-state index in [9.17, 15) is 18.0 Å². The van der Waals surface area contributed by atoms with Crippen molar-refractivity contribution in [2.45, 2.75) is 50.7 Å². The number of hydrogen-bond donors (Lipinski definition) is 0. The number of carbonyl (C=O) groups is 2. The number of aryl methyl sites for hydroxylation is 1. The Hall–Kier alpha value is -2.71. The molecule has 0 aliphatic carbocycles. The van der Waals surface area contributed by atoms with Crippen LogP contribution in [-0.2, 0) is 26.0 Å². The van der Waals surface area contributed by atoms with E-state index in [1.807, 2.05) is 24.3 Å². The summed E-state index contributed by atoms with van der Waals surface area (Å²) in [6.45, 7) is 5.63. The van der Waals surface area contributed by atoms with E-state index in [0.29, 0.717) is 6.54 Å². The summed E-state index contributed by atoms with van der Waals surface area (Å²) in [6, 6.07) is 13.1. The molecule has 2 aromatic rings. The van der Waals surface area contributed by atoms with E-state index < -0.39 is 22.1 Å². The van der Waals surface area contributed by atoms with E-state index in [4.69, 9.17) is 4.74 Å². The summed E-state index contributed by atoms with van der Waals surface area (Å²) >= 11 is 0. The number of esters is 1. The van der Waals surface area contributed by atoms with E-state index in [-0.39, 0.29) is 22.4 Å². The monoisotopic (exact) mass is 444 g/mol. The molecule has 0 fully saturated rings. The van der Waals surface area contributed by atoms with Gasteiger partial charge in [0, 0.05) is 25.3 Å². The van der Waals surface area contributed by atoms with Crippen molar-refractivity contribution in [3.63, 3.8) is 0 Å². The number of hydrogen-bond acceptors (Lipinski definition) is 5. The van der Waals surface area contributed by atoms with Crippen LogP contribution in [0, 0.1) is 0 Å². The van der Waals surface area contributed by atoms with E-state index in [1.165, 1.54) is 42.5 Å². The Labute approximate surface area is 183 Å². The molecule has 1 atom stereocenters. The number of anilines is 1. The zero-order valence-corrected chi connectivity index (χ0v) is 19.1. The standard InChI is InChI=1S/C23H28N2O5S/c1-16(2)24(4)31(28,29)20-12-7-10-19(15-20)23(27)30-17(3)22(26)25-14-8-11-18-9-5-6-13-21(18)25/h5-7,9-10,12-13,15-17H,8,11,14H2,1-4H3. The van der Waals surface area contributed by atoms with Crippen LogP contribution < -0.4 is 4.90 Å². The van der Waals surface area contributed by atoms with Gasteiger partial charge in [-0.05, 0) is 63.4 Å². The van der Waals surface area contributed by atoms with Gasteiger partial charge in [0.2, 0.25) is 10.0 Å². The lowest BCUT2D eigenvalue weighted by Gasteiger charge is -2.31. The summed E-state index contributed by atoms with van der Waals surface area (Å²) in [6.07, 6.45) is 0.740. The fraction of sp³-hybridized carbons (Fsp3) is 0.391. The van der Waals surface area contributed by atoms with Crippen LogP contribution in [0.3, 0.4) is 0 Å². The van der Waals surface area contributed by atoms with Gasteiger partial charge in [0.1, 0.15) is 0 Å². The number of para-hydroxylation sites is 1. The second-order valence-corrected chi connectivity index (χ2v) is 9.91. The van der Waals surface area contributed by atoms with Crippen LogP contribution in [0.5, 0.6) is 0 Å². The average Bonchev–Trinajstić information content (AvgIpc) is 2.77. The van der Waals surface area contributed by atoms with Crippen molar-refractivity contribution in [2.24, 2.45) is 0 Å². The molecule has 1 aliphatic heterocycles. The molecule has 1 aliphatic rings. The highest BCUT2D eigenvalue weighted by molar-refractivity contribution is 7.89. The fourth-order valence-electron chi connectivity index (χ4n) is 3.49. The lowest BCUT2D eigenvalue weighted by molar-refractivity contribution is -0.126. The first-order valence-corrected chi connectivity index (χ1v) is 11.8. The van der Waals surface area contributed by atoms with Crippen LogP contribution in [0.2, 0.25) is 0 Å². The Morgan fingerprint density at radius 2 is 1.77 bits per heavy atom.